The Morgan fingerprint density at radius 1 is 1.26 bits per heavy atom. The van der Waals surface area contributed by atoms with Crippen LogP contribution in [0.1, 0.15) is 38.3 Å². The first-order chi connectivity index (χ1) is 8.62. The molecule has 19 heavy (non-hydrogen) atoms. The van der Waals surface area contributed by atoms with Crippen molar-refractivity contribution in [1.29, 1.82) is 0 Å². The van der Waals surface area contributed by atoms with E-state index in [1.54, 1.807) is 7.11 Å². The van der Waals surface area contributed by atoms with Crippen molar-refractivity contribution in [2.24, 2.45) is 5.73 Å². The van der Waals surface area contributed by atoms with E-state index in [2.05, 4.69) is 5.32 Å². The molecule has 0 radical (unpaired) electrons. The number of nitrogens with two attached hydrogens (primary N) is 1. The molecule has 0 saturated heterocycles. The quantitative estimate of drug-likeness (QED) is 0.844. The largest absolute Gasteiger partial charge is 0.497 e. The lowest BCUT2D eigenvalue weighted by Crippen LogP contribution is -2.41. The molecule has 0 saturated carbocycles. The van der Waals surface area contributed by atoms with Gasteiger partial charge < -0.3 is 15.8 Å². The summed E-state index contributed by atoms with van der Waals surface area (Å²) in [6.45, 7) is 3.94. The van der Waals surface area contributed by atoms with E-state index in [1.165, 1.54) is 0 Å². The summed E-state index contributed by atoms with van der Waals surface area (Å²) in [7, 11) is 1.63. The highest BCUT2D eigenvalue weighted by atomic mass is 35.5. The molecule has 0 aliphatic carbocycles. The predicted octanol–water partition coefficient (Wildman–Crippen LogP) is 2.42. The second-order valence-electron chi connectivity index (χ2n) is 4.26. The Morgan fingerprint density at radius 2 is 1.84 bits per heavy atom. The van der Waals surface area contributed by atoms with Crippen molar-refractivity contribution < 1.29 is 9.53 Å². The smallest absolute Gasteiger partial charge is 0.237 e. The fourth-order valence-corrected chi connectivity index (χ4v) is 1.72. The van der Waals surface area contributed by atoms with Crippen LogP contribution < -0.4 is 15.8 Å². The average Bonchev–Trinajstić information content (AvgIpc) is 2.43. The highest BCUT2D eigenvalue weighted by Gasteiger charge is 2.16. The van der Waals surface area contributed by atoms with Crippen molar-refractivity contribution in [2.45, 2.75) is 38.8 Å². The second-order valence-corrected chi connectivity index (χ2v) is 4.26. The van der Waals surface area contributed by atoms with Gasteiger partial charge in [0, 0.05) is 0 Å². The average molecular weight is 287 g/mol. The molecule has 1 aromatic rings. The minimum atomic E-state index is -0.433. The maximum absolute atomic E-state index is 11.8. The number of methoxy groups -OCH3 is 1. The zero-order chi connectivity index (χ0) is 13.5. The van der Waals surface area contributed by atoms with E-state index in [-0.39, 0.29) is 24.4 Å². The first kappa shape index (κ1) is 17.7. The van der Waals surface area contributed by atoms with E-state index in [1.807, 2.05) is 38.1 Å². The summed E-state index contributed by atoms with van der Waals surface area (Å²) in [4.78, 5) is 11.8. The molecule has 0 spiro atoms. The van der Waals surface area contributed by atoms with Crippen molar-refractivity contribution in [2.75, 3.05) is 7.11 Å². The molecule has 5 heteroatoms. The highest BCUT2D eigenvalue weighted by molar-refractivity contribution is 5.85. The fourth-order valence-electron chi connectivity index (χ4n) is 1.72. The fraction of sp³-hybridized carbons (Fsp3) is 0.500. The molecule has 3 N–H and O–H groups in total. The minimum Gasteiger partial charge on any atom is -0.497 e. The molecule has 0 fully saturated rings. The standard InChI is InChI=1S/C14H22N2O2.ClH/c1-4-12(15)14(17)16-13(5-2)10-6-8-11(18-3)9-7-10;/h6-9,12-13H,4-5,15H2,1-3H3,(H,16,17);1H/t12-,13?;/m0./s1. The Morgan fingerprint density at radius 3 is 2.26 bits per heavy atom. The third-order valence-corrected chi connectivity index (χ3v) is 3.02. The van der Waals surface area contributed by atoms with Crippen LogP contribution in [0, 0.1) is 0 Å². The molecule has 1 unspecified atom stereocenters. The number of carbonyl (C=O) groups is 1. The van der Waals surface area contributed by atoms with Crippen LogP contribution in [0.25, 0.3) is 0 Å². The van der Waals surface area contributed by atoms with Gasteiger partial charge in [0.15, 0.2) is 0 Å². The van der Waals surface area contributed by atoms with Gasteiger partial charge in [-0.15, -0.1) is 12.4 Å². The van der Waals surface area contributed by atoms with Crippen LogP contribution in [-0.2, 0) is 4.79 Å². The van der Waals surface area contributed by atoms with Gasteiger partial charge in [-0.25, -0.2) is 0 Å². The summed E-state index contributed by atoms with van der Waals surface area (Å²) in [5.74, 6) is 0.713. The Bertz CT molecular complexity index is 382. The van der Waals surface area contributed by atoms with Crippen molar-refractivity contribution in [1.82, 2.24) is 5.32 Å². The van der Waals surface area contributed by atoms with Crippen molar-refractivity contribution in [3.8, 4) is 5.75 Å². The van der Waals surface area contributed by atoms with Gasteiger partial charge in [0.2, 0.25) is 5.91 Å². The number of halogens is 1. The summed E-state index contributed by atoms with van der Waals surface area (Å²) in [6, 6.07) is 7.28. The third kappa shape index (κ3) is 5.09. The number of amides is 1. The molecule has 0 heterocycles. The molecule has 0 aliphatic heterocycles. The molecule has 0 aromatic heterocycles. The van der Waals surface area contributed by atoms with Gasteiger partial charge in [-0.3, -0.25) is 4.79 Å². The van der Waals surface area contributed by atoms with E-state index in [0.717, 1.165) is 17.7 Å². The zero-order valence-electron chi connectivity index (χ0n) is 11.7. The molecular weight excluding hydrogens is 264 g/mol. The van der Waals surface area contributed by atoms with Crippen molar-refractivity contribution in [3.63, 3.8) is 0 Å². The Kier molecular flexibility index (Phi) is 8.19. The monoisotopic (exact) mass is 286 g/mol. The molecule has 0 bridgehead atoms. The van der Waals surface area contributed by atoms with Crippen LogP contribution in [0.5, 0.6) is 5.75 Å². The maximum Gasteiger partial charge on any atom is 0.237 e. The van der Waals surface area contributed by atoms with Gasteiger partial charge in [0.1, 0.15) is 5.75 Å². The van der Waals surface area contributed by atoms with Gasteiger partial charge in [-0.2, -0.15) is 0 Å². The summed E-state index contributed by atoms with van der Waals surface area (Å²) in [6.07, 6.45) is 1.47. The van der Waals surface area contributed by atoms with Crippen LogP contribution in [-0.4, -0.2) is 19.1 Å². The van der Waals surface area contributed by atoms with E-state index in [4.69, 9.17) is 10.5 Å². The van der Waals surface area contributed by atoms with E-state index in [9.17, 15) is 4.79 Å². The van der Waals surface area contributed by atoms with Crippen LogP contribution in [0.4, 0.5) is 0 Å². The second kappa shape index (κ2) is 8.77. The lowest BCUT2D eigenvalue weighted by Gasteiger charge is -2.20. The number of rotatable bonds is 6. The summed E-state index contributed by atoms with van der Waals surface area (Å²) in [5, 5.41) is 2.97. The van der Waals surface area contributed by atoms with Gasteiger partial charge in [0.05, 0.1) is 19.2 Å². The van der Waals surface area contributed by atoms with Crippen LogP contribution in [0.3, 0.4) is 0 Å². The van der Waals surface area contributed by atoms with Crippen LogP contribution >= 0.6 is 12.4 Å². The lowest BCUT2D eigenvalue weighted by atomic mass is 10.0. The molecule has 1 aromatic carbocycles. The predicted molar refractivity (Wildman–Crippen MR) is 79.7 cm³/mol. The Hall–Kier alpha value is -1.26. The Balaban J connectivity index is 0.00000324. The van der Waals surface area contributed by atoms with Gasteiger partial charge >= 0.3 is 0 Å². The normalized spacial score (nSPS) is 13.1. The summed E-state index contributed by atoms with van der Waals surface area (Å²) in [5.41, 5.74) is 6.78. The van der Waals surface area contributed by atoms with Gasteiger partial charge in [0.25, 0.3) is 0 Å². The van der Waals surface area contributed by atoms with E-state index < -0.39 is 6.04 Å². The number of benzene rings is 1. The minimum absolute atomic E-state index is 0. The van der Waals surface area contributed by atoms with E-state index >= 15 is 0 Å². The van der Waals surface area contributed by atoms with Crippen LogP contribution in [0.15, 0.2) is 24.3 Å². The van der Waals surface area contributed by atoms with Crippen molar-refractivity contribution >= 4 is 18.3 Å². The molecule has 0 aliphatic rings. The third-order valence-electron chi connectivity index (χ3n) is 3.02. The SMILES string of the molecule is CCC(NC(=O)[C@@H](N)CC)c1ccc(OC)cc1.Cl. The summed E-state index contributed by atoms with van der Waals surface area (Å²) < 4.78 is 5.11. The number of carbonyl (C=O) groups excluding carboxylic acids is 1. The first-order valence-corrected chi connectivity index (χ1v) is 6.32. The molecule has 108 valence electrons. The molecule has 2 atom stereocenters. The van der Waals surface area contributed by atoms with Crippen LogP contribution in [0.2, 0.25) is 0 Å². The molecule has 1 amide bonds. The molecular formula is C14H23ClN2O2. The summed E-state index contributed by atoms with van der Waals surface area (Å²) >= 11 is 0. The maximum atomic E-state index is 11.8. The van der Waals surface area contributed by atoms with Gasteiger partial charge in [-0.05, 0) is 30.5 Å². The number of ether oxygens (including phenoxy) is 1. The highest BCUT2D eigenvalue weighted by Crippen LogP contribution is 2.20. The van der Waals surface area contributed by atoms with Gasteiger partial charge in [-0.1, -0.05) is 26.0 Å². The molecule has 4 nitrogen and oxygen atoms in total. The molecule has 1 rings (SSSR count). The Labute approximate surface area is 121 Å². The topological polar surface area (TPSA) is 64.4 Å². The number of nitrogens with one attached hydrogen (secondary N) is 1. The zero-order valence-corrected chi connectivity index (χ0v) is 12.5. The number of hydrogen-bond donors (Lipinski definition) is 2. The number of hydrogen-bond acceptors (Lipinski definition) is 3. The van der Waals surface area contributed by atoms with E-state index in [0.29, 0.717) is 6.42 Å². The first-order valence-electron chi connectivity index (χ1n) is 6.32. The lowest BCUT2D eigenvalue weighted by molar-refractivity contribution is -0.123. The van der Waals surface area contributed by atoms with Crippen molar-refractivity contribution in [3.05, 3.63) is 29.8 Å².